The van der Waals surface area contributed by atoms with Crippen molar-refractivity contribution in [2.45, 2.75) is 72.9 Å². The number of hydrogen-bond acceptors (Lipinski definition) is 4. The van der Waals surface area contributed by atoms with Gasteiger partial charge in [-0.15, -0.1) is 5.92 Å². The molecule has 1 aliphatic heterocycles. The van der Waals surface area contributed by atoms with Gasteiger partial charge in [0.15, 0.2) is 0 Å². The number of carbonyl (C=O) groups excluding carboxylic acids is 1. The lowest BCUT2D eigenvalue weighted by Crippen LogP contribution is -2.61. The van der Waals surface area contributed by atoms with E-state index in [4.69, 9.17) is 0 Å². The average Bonchev–Trinajstić information content (AvgIpc) is 2.97. The first-order valence-electron chi connectivity index (χ1n) is 9.16. The van der Waals surface area contributed by atoms with Crippen molar-refractivity contribution in [2.24, 2.45) is 0 Å². The quantitative estimate of drug-likeness (QED) is 0.720. The van der Waals surface area contributed by atoms with Crippen molar-refractivity contribution in [3.8, 4) is 11.8 Å². The number of aryl methyl sites for hydroxylation is 1. The minimum absolute atomic E-state index is 0.0357. The van der Waals surface area contributed by atoms with Gasteiger partial charge in [-0.3, -0.25) is 14.7 Å². The second-order valence-electron chi connectivity index (χ2n) is 6.73. The van der Waals surface area contributed by atoms with Crippen LogP contribution in [-0.2, 0) is 12.8 Å². The van der Waals surface area contributed by atoms with Crippen LogP contribution in [0.3, 0.4) is 0 Å². The van der Waals surface area contributed by atoms with Crippen molar-refractivity contribution in [3.63, 3.8) is 0 Å². The predicted molar refractivity (Wildman–Crippen MR) is 105 cm³/mol. The van der Waals surface area contributed by atoms with E-state index in [9.17, 15) is 4.79 Å². The molecule has 2 rings (SSSR count). The zero-order chi connectivity index (χ0) is 18.6. The van der Waals surface area contributed by atoms with Crippen molar-refractivity contribution in [1.29, 1.82) is 0 Å². The van der Waals surface area contributed by atoms with Gasteiger partial charge in [0.2, 0.25) is 0 Å². The average molecular weight is 363 g/mol. The molecule has 0 spiro atoms. The summed E-state index contributed by atoms with van der Waals surface area (Å²) in [5.41, 5.74) is 2.37. The second kappa shape index (κ2) is 8.68. The van der Waals surface area contributed by atoms with Gasteiger partial charge in [0, 0.05) is 11.6 Å². The Kier molecular flexibility index (Phi) is 6.86. The smallest absolute Gasteiger partial charge is 0.298 e. The molecule has 138 valence electrons. The molecule has 25 heavy (non-hydrogen) atoms. The Hall–Kier alpha value is -1.58. The summed E-state index contributed by atoms with van der Waals surface area (Å²) >= 11 is 1.46. The number of carbonyl (C=O) groups is 1. The lowest BCUT2D eigenvalue weighted by molar-refractivity contribution is 0.0861. The molecular formula is C19H30N4OS. The van der Waals surface area contributed by atoms with Gasteiger partial charge < -0.3 is 0 Å². The first-order valence-corrected chi connectivity index (χ1v) is 9.93. The Morgan fingerprint density at radius 1 is 1.24 bits per heavy atom. The number of anilines is 1. The summed E-state index contributed by atoms with van der Waals surface area (Å²) < 4.78 is 4.65. The number of rotatable bonds is 6. The summed E-state index contributed by atoms with van der Waals surface area (Å²) in [6.45, 7) is 13.7. The maximum atomic E-state index is 13.2. The van der Waals surface area contributed by atoms with Crippen molar-refractivity contribution in [3.05, 3.63) is 11.3 Å². The van der Waals surface area contributed by atoms with Crippen molar-refractivity contribution < 1.29 is 4.79 Å². The highest BCUT2D eigenvalue weighted by molar-refractivity contribution is 7.10. The number of nitrogens with zero attached hydrogens (tertiary/aromatic N) is 4. The SMILES string of the molecule is CC#CC(C)N1CN(C(C)C)CN(c2snc(CCC)c2CC)C1=O. The summed E-state index contributed by atoms with van der Waals surface area (Å²) in [5.74, 6) is 6.06. The van der Waals surface area contributed by atoms with Gasteiger partial charge in [-0.1, -0.05) is 26.2 Å². The van der Waals surface area contributed by atoms with Gasteiger partial charge in [0.25, 0.3) is 0 Å². The molecule has 0 aliphatic carbocycles. The fourth-order valence-electron chi connectivity index (χ4n) is 3.08. The van der Waals surface area contributed by atoms with Gasteiger partial charge >= 0.3 is 6.03 Å². The molecule has 6 heteroatoms. The van der Waals surface area contributed by atoms with Crippen molar-refractivity contribution >= 4 is 22.6 Å². The minimum Gasteiger partial charge on any atom is -0.298 e. The largest absolute Gasteiger partial charge is 0.328 e. The van der Waals surface area contributed by atoms with E-state index < -0.39 is 0 Å². The van der Waals surface area contributed by atoms with Gasteiger partial charge in [0.05, 0.1) is 25.1 Å². The van der Waals surface area contributed by atoms with Crippen LogP contribution >= 0.6 is 11.5 Å². The molecule has 0 radical (unpaired) electrons. The molecule has 1 atom stereocenters. The Morgan fingerprint density at radius 2 is 1.96 bits per heavy atom. The Labute approximate surface area is 156 Å². The number of urea groups is 1. The molecule has 1 aromatic rings. The van der Waals surface area contributed by atoms with E-state index in [0.29, 0.717) is 19.4 Å². The molecule has 0 bridgehead atoms. The molecule has 1 unspecified atom stereocenters. The summed E-state index contributed by atoms with van der Waals surface area (Å²) in [7, 11) is 0. The molecule has 1 aliphatic rings. The molecular weight excluding hydrogens is 332 g/mol. The van der Waals surface area contributed by atoms with Gasteiger partial charge in [-0.2, -0.15) is 4.37 Å². The second-order valence-corrected chi connectivity index (χ2v) is 7.48. The van der Waals surface area contributed by atoms with Crippen LogP contribution in [-0.4, -0.2) is 45.6 Å². The fourth-order valence-corrected chi connectivity index (χ4v) is 4.09. The third-order valence-corrected chi connectivity index (χ3v) is 5.57. The van der Waals surface area contributed by atoms with Crippen LogP contribution in [0.5, 0.6) is 0 Å². The molecule has 1 saturated heterocycles. The minimum atomic E-state index is -0.102. The zero-order valence-electron chi connectivity index (χ0n) is 16.3. The van der Waals surface area contributed by atoms with E-state index in [0.717, 1.165) is 30.0 Å². The summed E-state index contributed by atoms with van der Waals surface area (Å²) in [5, 5.41) is 1.00. The van der Waals surface area contributed by atoms with Gasteiger partial charge in [-0.05, 0) is 52.1 Å². The van der Waals surface area contributed by atoms with Crippen LogP contribution in [0.15, 0.2) is 0 Å². The highest BCUT2D eigenvalue weighted by atomic mass is 32.1. The highest BCUT2D eigenvalue weighted by Gasteiger charge is 2.36. The fraction of sp³-hybridized carbons (Fsp3) is 0.684. The van der Waals surface area contributed by atoms with Crippen LogP contribution in [0.25, 0.3) is 0 Å². The molecule has 1 fully saturated rings. The van der Waals surface area contributed by atoms with Crippen LogP contribution in [0.2, 0.25) is 0 Å². The first-order chi connectivity index (χ1) is 11.9. The number of amides is 2. The summed E-state index contributed by atoms with van der Waals surface area (Å²) in [4.78, 5) is 19.2. The maximum Gasteiger partial charge on any atom is 0.328 e. The van der Waals surface area contributed by atoms with E-state index in [1.165, 1.54) is 17.1 Å². The molecule has 0 N–H and O–H groups in total. The molecule has 0 saturated carbocycles. The van der Waals surface area contributed by atoms with Crippen LogP contribution in [0.4, 0.5) is 9.80 Å². The van der Waals surface area contributed by atoms with Crippen LogP contribution in [0, 0.1) is 11.8 Å². The van der Waals surface area contributed by atoms with E-state index in [-0.39, 0.29) is 12.1 Å². The van der Waals surface area contributed by atoms with Crippen LogP contribution in [0.1, 0.15) is 59.2 Å². The van der Waals surface area contributed by atoms with E-state index in [1.54, 1.807) is 0 Å². The molecule has 2 heterocycles. The maximum absolute atomic E-state index is 13.2. The lowest BCUT2D eigenvalue weighted by Gasteiger charge is -2.44. The Bertz CT molecular complexity index is 658. The molecule has 0 aromatic carbocycles. The van der Waals surface area contributed by atoms with E-state index >= 15 is 0 Å². The topological polar surface area (TPSA) is 39.7 Å². The van der Waals surface area contributed by atoms with Crippen molar-refractivity contribution in [1.82, 2.24) is 14.2 Å². The zero-order valence-corrected chi connectivity index (χ0v) is 17.1. The number of aromatic nitrogens is 1. The highest BCUT2D eigenvalue weighted by Crippen LogP contribution is 2.33. The summed E-state index contributed by atoms with van der Waals surface area (Å²) in [6.07, 6.45) is 2.94. The molecule has 1 aromatic heterocycles. The van der Waals surface area contributed by atoms with Gasteiger partial charge in [-0.25, -0.2) is 4.79 Å². The normalized spacial score (nSPS) is 17.0. The third kappa shape index (κ3) is 4.16. The Balaban J connectivity index is 2.40. The molecule has 5 nitrogen and oxygen atoms in total. The monoisotopic (exact) mass is 362 g/mol. The van der Waals surface area contributed by atoms with E-state index in [1.807, 2.05) is 23.6 Å². The molecule has 2 amide bonds. The first kappa shape index (κ1) is 19.7. The standard InChI is InChI=1S/C19H30N4OS/c1-7-10-15(6)22-12-21(14(4)5)13-23(19(22)24)18-16(9-3)17(11-8-2)20-25-18/h14-15H,8-9,11-13H2,1-6H3. The number of hydrogen-bond donors (Lipinski definition) is 0. The van der Waals surface area contributed by atoms with E-state index in [2.05, 4.69) is 48.8 Å². The Morgan fingerprint density at radius 3 is 2.52 bits per heavy atom. The predicted octanol–water partition coefficient (Wildman–Crippen LogP) is 3.94. The third-order valence-electron chi connectivity index (χ3n) is 4.62. The van der Waals surface area contributed by atoms with Crippen LogP contribution < -0.4 is 4.90 Å². The summed E-state index contributed by atoms with van der Waals surface area (Å²) in [6, 6.07) is 0.288. The van der Waals surface area contributed by atoms with Gasteiger partial charge in [0.1, 0.15) is 5.00 Å². The van der Waals surface area contributed by atoms with Crippen molar-refractivity contribution in [2.75, 3.05) is 18.2 Å². The lowest BCUT2D eigenvalue weighted by atomic mass is 10.1.